The van der Waals surface area contributed by atoms with Crippen molar-refractivity contribution in [1.82, 2.24) is 25.9 Å². The molecule has 1 aromatic rings. The third-order valence-electron chi connectivity index (χ3n) is 1.52. The lowest BCUT2D eigenvalue weighted by molar-refractivity contribution is -0.122. The van der Waals surface area contributed by atoms with Gasteiger partial charge in [0.2, 0.25) is 5.91 Å². The number of aromatic nitrogens is 4. The third kappa shape index (κ3) is 2.48. The van der Waals surface area contributed by atoms with Gasteiger partial charge in [0, 0.05) is 0 Å². The zero-order valence-corrected chi connectivity index (χ0v) is 7.48. The molecule has 0 fully saturated rings. The molecule has 2 unspecified atom stereocenters. The summed E-state index contributed by atoms with van der Waals surface area (Å²) in [7, 11) is 0. The van der Waals surface area contributed by atoms with Crippen LogP contribution in [0.25, 0.3) is 0 Å². The van der Waals surface area contributed by atoms with E-state index < -0.39 is 6.04 Å². The van der Waals surface area contributed by atoms with Gasteiger partial charge >= 0.3 is 0 Å². The number of rotatable bonds is 3. The van der Waals surface area contributed by atoms with Gasteiger partial charge in [0.1, 0.15) is 0 Å². The summed E-state index contributed by atoms with van der Waals surface area (Å²) in [6.45, 7) is 3.36. The van der Waals surface area contributed by atoms with Gasteiger partial charge in [0.15, 0.2) is 5.82 Å². The molecule has 13 heavy (non-hydrogen) atoms. The number of nitrogens with zero attached hydrogens (tertiary/aromatic N) is 3. The average Bonchev–Trinajstić information content (AvgIpc) is 2.55. The van der Waals surface area contributed by atoms with E-state index in [0.717, 1.165) is 0 Å². The summed E-state index contributed by atoms with van der Waals surface area (Å²) in [6.07, 6.45) is 0. The number of carbonyl (C=O) groups is 1. The predicted octanol–water partition coefficient (Wildman–Crippen LogP) is -1.28. The summed E-state index contributed by atoms with van der Waals surface area (Å²) >= 11 is 0. The van der Waals surface area contributed by atoms with Crippen LogP contribution in [0.15, 0.2) is 0 Å². The highest BCUT2D eigenvalue weighted by molar-refractivity contribution is 5.81. The second-order valence-corrected chi connectivity index (χ2v) is 2.79. The van der Waals surface area contributed by atoms with E-state index in [9.17, 15) is 4.79 Å². The summed E-state index contributed by atoms with van der Waals surface area (Å²) in [5, 5.41) is 15.8. The van der Waals surface area contributed by atoms with Crippen LogP contribution in [0.2, 0.25) is 0 Å². The standard InChI is InChI=1S/C6H12N6O/c1-3(7)6(13)8-4(2)5-9-11-12-10-5/h3-4H,7H2,1-2H3,(H,8,13)(H,9,10,11,12). The van der Waals surface area contributed by atoms with Crippen LogP contribution in [0.4, 0.5) is 0 Å². The maximum absolute atomic E-state index is 11.1. The number of hydrogen-bond donors (Lipinski definition) is 3. The molecule has 72 valence electrons. The first-order valence-electron chi connectivity index (χ1n) is 3.90. The van der Waals surface area contributed by atoms with Gasteiger partial charge in [-0.2, -0.15) is 5.21 Å². The Bertz CT molecular complexity index is 269. The molecule has 0 aliphatic heterocycles. The Labute approximate surface area is 75.1 Å². The third-order valence-corrected chi connectivity index (χ3v) is 1.52. The Morgan fingerprint density at radius 1 is 1.62 bits per heavy atom. The minimum absolute atomic E-state index is 0.239. The van der Waals surface area contributed by atoms with Crippen LogP contribution >= 0.6 is 0 Å². The Kier molecular flexibility index (Phi) is 2.91. The Balaban J connectivity index is 2.51. The van der Waals surface area contributed by atoms with E-state index in [0.29, 0.717) is 5.82 Å². The minimum Gasteiger partial charge on any atom is -0.345 e. The molecule has 0 saturated heterocycles. The molecule has 7 heteroatoms. The summed E-state index contributed by atoms with van der Waals surface area (Å²) in [4.78, 5) is 11.1. The Hall–Kier alpha value is -1.50. The van der Waals surface area contributed by atoms with Crippen molar-refractivity contribution in [2.75, 3.05) is 0 Å². The van der Waals surface area contributed by atoms with Crippen molar-refractivity contribution in [3.8, 4) is 0 Å². The van der Waals surface area contributed by atoms with Gasteiger partial charge in [0.05, 0.1) is 12.1 Å². The molecular weight excluding hydrogens is 172 g/mol. The number of nitrogens with two attached hydrogens (primary N) is 1. The largest absolute Gasteiger partial charge is 0.345 e. The molecule has 4 N–H and O–H groups in total. The lowest BCUT2D eigenvalue weighted by Crippen LogP contribution is -2.39. The fraction of sp³-hybridized carbons (Fsp3) is 0.667. The number of carbonyl (C=O) groups excluding carboxylic acids is 1. The predicted molar refractivity (Wildman–Crippen MR) is 44.4 cm³/mol. The topological polar surface area (TPSA) is 110 Å². The number of H-pyrrole nitrogens is 1. The summed E-state index contributed by atoms with van der Waals surface area (Å²) < 4.78 is 0. The quantitative estimate of drug-likeness (QED) is 0.542. The van der Waals surface area contributed by atoms with Crippen molar-refractivity contribution < 1.29 is 4.79 Å². The van der Waals surface area contributed by atoms with Gasteiger partial charge in [-0.05, 0) is 13.8 Å². The van der Waals surface area contributed by atoms with Gasteiger partial charge in [-0.15, -0.1) is 10.2 Å². The number of tetrazole rings is 1. The molecule has 1 amide bonds. The Morgan fingerprint density at radius 3 is 2.77 bits per heavy atom. The first-order valence-corrected chi connectivity index (χ1v) is 3.90. The lowest BCUT2D eigenvalue weighted by atomic mass is 10.2. The van der Waals surface area contributed by atoms with Crippen LogP contribution in [0.3, 0.4) is 0 Å². The molecule has 0 bridgehead atoms. The van der Waals surface area contributed by atoms with Crippen molar-refractivity contribution >= 4 is 5.91 Å². The van der Waals surface area contributed by atoms with Crippen LogP contribution in [-0.4, -0.2) is 32.6 Å². The monoisotopic (exact) mass is 184 g/mol. The number of aromatic amines is 1. The Morgan fingerprint density at radius 2 is 2.31 bits per heavy atom. The van der Waals surface area contributed by atoms with Gasteiger partial charge in [-0.25, -0.2) is 0 Å². The molecule has 1 heterocycles. The molecule has 1 aromatic heterocycles. The molecule has 2 atom stereocenters. The number of amides is 1. The van der Waals surface area contributed by atoms with Gasteiger partial charge in [0.25, 0.3) is 0 Å². The molecule has 0 saturated carbocycles. The first-order chi connectivity index (χ1) is 6.11. The molecule has 7 nitrogen and oxygen atoms in total. The van der Waals surface area contributed by atoms with Crippen molar-refractivity contribution in [1.29, 1.82) is 0 Å². The van der Waals surface area contributed by atoms with Crippen LogP contribution < -0.4 is 11.1 Å². The van der Waals surface area contributed by atoms with Crippen LogP contribution in [0, 0.1) is 0 Å². The fourth-order valence-electron chi connectivity index (χ4n) is 0.762. The zero-order chi connectivity index (χ0) is 9.84. The van der Waals surface area contributed by atoms with Crippen LogP contribution in [0.1, 0.15) is 25.7 Å². The lowest BCUT2D eigenvalue weighted by Gasteiger charge is -2.11. The maximum Gasteiger partial charge on any atom is 0.237 e. The summed E-state index contributed by atoms with van der Waals surface area (Å²) in [5.41, 5.74) is 5.36. The van der Waals surface area contributed by atoms with Crippen molar-refractivity contribution in [2.45, 2.75) is 25.9 Å². The highest BCUT2D eigenvalue weighted by Crippen LogP contribution is 2.02. The van der Waals surface area contributed by atoms with Gasteiger partial charge < -0.3 is 11.1 Å². The molecule has 0 radical (unpaired) electrons. The van der Waals surface area contributed by atoms with E-state index in [-0.39, 0.29) is 11.9 Å². The maximum atomic E-state index is 11.1. The van der Waals surface area contributed by atoms with Gasteiger partial charge in [-0.1, -0.05) is 5.21 Å². The van der Waals surface area contributed by atoms with Crippen LogP contribution in [-0.2, 0) is 4.79 Å². The highest BCUT2D eigenvalue weighted by atomic mass is 16.2. The van der Waals surface area contributed by atoms with Crippen molar-refractivity contribution in [3.63, 3.8) is 0 Å². The van der Waals surface area contributed by atoms with E-state index in [4.69, 9.17) is 5.73 Å². The van der Waals surface area contributed by atoms with E-state index >= 15 is 0 Å². The van der Waals surface area contributed by atoms with Crippen molar-refractivity contribution in [2.24, 2.45) is 5.73 Å². The number of hydrogen-bond acceptors (Lipinski definition) is 5. The number of nitrogens with one attached hydrogen (secondary N) is 2. The SMILES string of the molecule is CC(N)C(=O)NC(C)c1nn[nH]n1. The van der Waals surface area contributed by atoms with E-state index in [2.05, 4.69) is 25.9 Å². The molecule has 0 aliphatic carbocycles. The summed E-state index contributed by atoms with van der Waals surface area (Å²) in [6, 6.07) is -0.813. The average molecular weight is 184 g/mol. The fourth-order valence-corrected chi connectivity index (χ4v) is 0.762. The second-order valence-electron chi connectivity index (χ2n) is 2.79. The van der Waals surface area contributed by atoms with Crippen molar-refractivity contribution in [3.05, 3.63) is 5.82 Å². The van der Waals surface area contributed by atoms with E-state index in [1.54, 1.807) is 13.8 Å². The highest BCUT2D eigenvalue weighted by Gasteiger charge is 2.15. The smallest absolute Gasteiger partial charge is 0.237 e. The minimum atomic E-state index is -0.533. The normalized spacial score (nSPS) is 15.0. The summed E-state index contributed by atoms with van der Waals surface area (Å²) in [5.74, 6) is 0.200. The molecular formula is C6H12N6O. The van der Waals surface area contributed by atoms with Gasteiger partial charge in [-0.3, -0.25) is 4.79 Å². The molecule has 1 rings (SSSR count). The second kappa shape index (κ2) is 3.94. The first kappa shape index (κ1) is 9.59. The van der Waals surface area contributed by atoms with E-state index in [1.165, 1.54) is 0 Å². The molecule has 0 aromatic carbocycles. The zero-order valence-electron chi connectivity index (χ0n) is 7.48. The van der Waals surface area contributed by atoms with E-state index in [1.807, 2.05) is 0 Å². The van der Waals surface area contributed by atoms with Crippen LogP contribution in [0.5, 0.6) is 0 Å². The molecule has 0 aliphatic rings. The molecule has 0 spiro atoms.